The van der Waals surface area contributed by atoms with Gasteiger partial charge in [0.05, 0.1) is 0 Å². The van der Waals surface area contributed by atoms with Crippen LogP contribution in [0, 0.1) is 0 Å². The summed E-state index contributed by atoms with van der Waals surface area (Å²) in [5.74, 6) is -1.13. The summed E-state index contributed by atoms with van der Waals surface area (Å²) in [4.78, 5) is 23.1. The molecule has 13 heavy (non-hydrogen) atoms. The highest BCUT2D eigenvalue weighted by Crippen LogP contribution is 2.02. The number of aliphatic carboxylic acids is 1. The molecular formula is C9H17NO3. The van der Waals surface area contributed by atoms with E-state index >= 15 is 0 Å². The van der Waals surface area contributed by atoms with Gasteiger partial charge in [-0.05, 0) is 13.3 Å². The van der Waals surface area contributed by atoms with E-state index in [1.54, 1.807) is 0 Å². The SMILES string of the molecule is CCCCN(C(C)=O)C(C)C(=O)O. The van der Waals surface area contributed by atoms with E-state index in [0.717, 1.165) is 12.8 Å². The normalized spacial score (nSPS) is 12.2. The second-order valence-electron chi connectivity index (χ2n) is 3.08. The molecule has 1 N–H and O–H groups in total. The lowest BCUT2D eigenvalue weighted by Gasteiger charge is -2.24. The van der Waals surface area contributed by atoms with Gasteiger partial charge in [-0.3, -0.25) is 4.79 Å². The molecule has 0 aliphatic rings. The van der Waals surface area contributed by atoms with Crippen LogP contribution in [0.15, 0.2) is 0 Å². The van der Waals surface area contributed by atoms with Crippen molar-refractivity contribution in [1.82, 2.24) is 4.90 Å². The highest BCUT2D eigenvalue weighted by atomic mass is 16.4. The topological polar surface area (TPSA) is 57.6 Å². The van der Waals surface area contributed by atoms with Gasteiger partial charge < -0.3 is 10.0 Å². The van der Waals surface area contributed by atoms with Crippen LogP contribution in [0.2, 0.25) is 0 Å². The fourth-order valence-corrected chi connectivity index (χ4v) is 1.09. The second kappa shape index (κ2) is 5.56. The van der Waals surface area contributed by atoms with Crippen molar-refractivity contribution in [2.45, 2.75) is 39.7 Å². The van der Waals surface area contributed by atoms with E-state index in [1.807, 2.05) is 6.92 Å². The lowest BCUT2D eigenvalue weighted by molar-refractivity contribution is -0.148. The van der Waals surface area contributed by atoms with E-state index in [9.17, 15) is 9.59 Å². The van der Waals surface area contributed by atoms with Crippen molar-refractivity contribution in [2.75, 3.05) is 6.54 Å². The predicted octanol–water partition coefficient (Wildman–Crippen LogP) is 1.11. The monoisotopic (exact) mass is 187 g/mol. The van der Waals surface area contributed by atoms with Crippen molar-refractivity contribution in [2.24, 2.45) is 0 Å². The molecule has 0 bridgehead atoms. The summed E-state index contributed by atoms with van der Waals surface area (Å²) in [5, 5.41) is 8.71. The molecule has 0 aliphatic heterocycles. The van der Waals surface area contributed by atoms with E-state index in [1.165, 1.54) is 18.7 Å². The van der Waals surface area contributed by atoms with Crippen LogP contribution >= 0.6 is 0 Å². The average molecular weight is 187 g/mol. The summed E-state index contributed by atoms with van der Waals surface area (Å²) in [5.41, 5.74) is 0. The molecule has 1 amide bonds. The lowest BCUT2D eigenvalue weighted by atomic mass is 10.2. The van der Waals surface area contributed by atoms with Gasteiger partial charge in [0.25, 0.3) is 0 Å². The van der Waals surface area contributed by atoms with E-state index in [2.05, 4.69) is 0 Å². The third kappa shape index (κ3) is 3.92. The molecule has 0 aromatic rings. The number of nitrogens with zero attached hydrogens (tertiary/aromatic N) is 1. The molecule has 4 heteroatoms. The number of carboxylic acids is 1. The largest absolute Gasteiger partial charge is 0.480 e. The third-order valence-corrected chi connectivity index (χ3v) is 1.98. The van der Waals surface area contributed by atoms with Gasteiger partial charge in [0.15, 0.2) is 0 Å². The molecule has 1 atom stereocenters. The van der Waals surface area contributed by atoms with Crippen LogP contribution in [0.4, 0.5) is 0 Å². The summed E-state index contributed by atoms with van der Waals surface area (Å²) in [6, 6.07) is -0.718. The maximum absolute atomic E-state index is 11.1. The lowest BCUT2D eigenvalue weighted by Crippen LogP contribution is -2.42. The van der Waals surface area contributed by atoms with Crippen LogP contribution in [-0.2, 0) is 9.59 Å². The number of amides is 1. The summed E-state index contributed by atoms with van der Waals surface area (Å²) < 4.78 is 0. The molecule has 0 aromatic heterocycles. The maximum atomic E-state index is 11.1. The fourth-order valence-electron chi connectivity index (χ4n) is 1.09. The van der Waals surface area contributed by atoms with Gasteiger partial charge in [-0.1, -0.05) is 13.3 Å². The summed E-state index contributed by atoms with van der Waals surface area (Å²) in [7, 11) is 0. The number of rotatable bonds is 5. The Balaban J connectivity index is 4.24. The number of hydrogen-bond acceptors (Lipinski definition) is 2. The number of unbranched alkanes of at least 4 members (excludes halogenated alkanes) is 1. The van der Waals surface area contributed by atoms with Crippen LogP contribution in [0.5, 0.6) is 0 Å². The Bertz CT molecular complexity index is 191. The summed E-state index contributed by atoms with van der Waals surface area (Å²) in [6.45, 7) is 5.46. The molecule has 0 fully saturated rings. The minimum atomic E-state index is -0.952. The Kier molecular flexibility index (Phi) is 5.11. The van der Waals surface area contributed by atoms with Gasteiger partial charge in [0, 0.05) is 13.5 Å². The Morgan fingerprint density at radius 2 is 2.00 bits per heavy atom. The molecule has 0 heterocycles. The van der Waals surface area contributed by atoms with Gasteiger partial charge in [-0.15, -0.1) is 0 Å². The van der Waals surface area contributed by atoms with Crippen LogP contribution in [-0.4, -0.2) is 34.5 Å². The maximum Gasteiger partial charge on any atom is 0.326 e. The van der Waals surface area contributed by atoms with Gasteiger partial charge in [-0.2, -0.15) is 0 Å². The minimum absolute atomic E-state index is 0.177. The number of carbonyl (C=O) groups is 2. The zero-order valence-corrected chi connectivity index (χ0v) is 8.41. The molecular weight excluding hydrogens is 170 g/mol. The molecule has 0 saturated heterocycles. The third-order valence-electron chi connectivity index (χ3n) is 1.98. The highest BCUT2D eigenvalue weighted by Gasteiger charge is 2.21. The molecule has 0 saturated carbocycles. The Morgan fingerprint density at radius 1 is 1.46 bits per heavy atom. The first kappa shape index (κ1) is 11.9. The summed E-state index contributed by atoms with van der Waals surface area (Å²) >= 11 is 0. The smallest absolute Gasteiger partial charge is 0.326 e. The quantitative estimate of drug-likeness (QED) is 0.701. The van der Waals surface area contributed by atoms with Crippen LogP contribution in [0.1, 0.15) is 33.6 Å². The van der Waals surface area contributed by atoms with Gasteiger partial charge >= 0.3 is 5.97 Å². The van der Waals surface area contributed by atoms with Crippen molar-refractivity contribution in [3.8, 4) is 0 Å². The van der Waals surface area contributed by atoms with E-state index < -0.39 is 12.0 Å². The second-order valence-corrected chi connectivity index (χ2v) is 3.08. The predicted molar refractivity (Wildman–Crippen MR) is 49.4 cm³/mol. The van der Waals surface area contributed by atoms with Gasteiger partial charge in [0.1, 0.15) is 6.04 Å². The van der Waals surface area contributed by atoms with E-state index in [4.69, 9.17) is 5.11 Å². The highest BCUT2D eigenvalue weighted by molar-refractivity contribution is 5.81. The standard InChI is InChI=1S/C9H17NO3/c1-4-5-6-10(8(3)11)7(2)9(12)13/h7H,4-6H2,1-3H3,(H,12,13). The van der Waals surface area contributed by atoms with Crippen molar-refractivity contribution >= 4 is 11.9 Å². The van der Waals surface area contributed by atoms with E-state index in [-0.39, 0.29) is 5.91 Å². The zero-order chi connectivity index (χ0) is 10.4. The Morgan fingerprint density at radius 3 is 2.31 bits per heavy atom. The molecule has 4 nitrogen and oxygen atoms in total. The zero-order valence-electron chi connectivity index (χ0n) is 8.41. The van der Waals surface area contributed by atoms with Gasteiger partial charge in [0.2, 0.25) is 5.91 Å². The first-order chi connectivity index (χ1) is 6.00. The molecule has 0 aliphatic carbocycles. The van der Waals surface area contributed by atoms with Crippen LogP contribution in [0.3, 0.4) is 0 Å². The molecule has 0 aromatic carbocycles. The first-order valence-corrected chi connectivity index (χ1v) is 4.50. The van der Waals surface area contributed by atoms with E-state index in [0.29, 0.717) is 6.54 Å². The molecule has 0 rings (SSSR count). The van der Waals surface area contributed by atoms with Crippen molar-refractivity contribution in [3.05, 3.63) is 0 Å². The van der Waals surface area contributed by atoms with Crippen molar-refractivity contribution in [1.29, 1.82) is 0 Å². The molecule has 76 valence electrons. The van der Waals surface area contributed by atoms with Gasteiger partial charge in [-0.25, -0.2) is 4.79 Å². The Labute approximate surface area is 78.5 Å². The summed E-state index contributed by atoms with van der Waals surface area (Å²) in [6.07, 6.45) is 1.80. The Hall–Kier alpha value is -1.06. The average Bonchev–Trinajstić information content (AvgIpc) is 2.04. The van der Waals surface area contributed by atoms with Crippen LogP contribution in [0.25, 0.3) is 0 Å². The first-order valence-electron chi connectivity index (χ1n) is 4.50. The number of hydrogen-bond donors (Lipinski definition) is 1. The van der Waals surface area contributed by atoms with Crippen molar-refractivity contribution < 1.29 is 14.7 Å². The number of carbonyl (C=O) groups excluding carboxylic acids is 1. The van der Waals surface area contributed by atoms with Crippen LogP contribution < -0.4 is 0 Å². The molecule has 1 unspecified atom stereocenters. The molecule has 0 spiro atoms. The fraction of sp³-hybridized carbons (Fsp3) is 0.778. The minimum Gasteiger partial charge on any atom is -0.480 e. The number of carboxylic acid groups (broad SMARTS) is 1. The molecule has 0 radical (unpaired) electrons. The van der Waals surface area contributed by atoms with Crippen molar-refractivity contribution in [3.63, 3.8) is 0 Å².